The number of benzene rings is 1. The van der Waals surface area contributed by atoms with Gasteiger partial charge in [0.15, 0.2) is 5.82 Å². The fourth-order valence-corrected chi connectivity index (χ4v) is 1.80. The fourth-order valence-electron chi connectivity index (χ4n) is 1.80. The normalized spacial score (nSPS) is 16.1. The summed E-state index contributed by atoms with van der Waals surface area (Å²) in [4.78, 5) is 15.9. The largest absolute Gasteiger partial charge is 0.323 e. The van der Waals surface area contributed by atoms with Gasteiger partial charge in [-0.15, -0.1) is 0 Å². The van der Waals surface area contributed by atoms with E-state index < -0.39 is 5.82 Å². The van der Waals surface area contributed by atoms with Crippen LogP contribution in [-0.2, 0) is 4.79 Å². The molecule has 1 saturated carbocycles. The van der Waals surface area contributed by atoms with Crippen LogP contribution >= 0.6 is 0 Å². The molecule has 1 heterocycles. The number of aromatic amines is 1. The third-order valence-corrected chi connectivity index (χ3v) is 3.45. The molecule has 5 nitrogen and oxygen atoms in total. The molecular weight excluding hydrogens is 247 g/mol. The maximum absolute atomic E-state index is 13.7. The van der Waals surface area contributed by atoms with E-state index in [1.165, 1.54) is 12.4 Å². The molecular formula is C13H13FN4O. The minimum Gasteiger partial charge on any atom is -0.323 e. The Morgan fingerprint density at radius 3 is 2.89 bits per heavy atom. The summed E-state index contributed by atoms with van der Waals surface area (Å²) in [6.45, 7) is 1.88. The Hall–Kier alpha value is -2.24. The van der Waals surface area contributed by atoms with Crippen LogP contribution in [0.2, 0.25) is 0 Å². The number of halogens is 1. The van der Waals surface area contributed by atoms with E-state index in [0.717, 1.165) is 12.8 Å². The van der Waals surface area contributed by atoms with Gasteiger partial charge >= 0.3 is 0 Å². The first-order valence-corrected chi connectivity index (χ1v) is 6.05. The molecule has 0 saturated heterocycles. The van der Waals surface area contributed by atoms with E-state index in [1.807, 2.05) is 6.92 Å². The molecule has 0 radical (unpaired) electrons. The molecule has 0 atom stereocenters. The highest BCUT2D eigenvalue weighted by Crippen LogP contribution is 2.45. The number of carbonyl (C=O) groups excluding carboxylic acids is 1. The lowest BCUT2D eigenvalue weighted by molar-refractivity contribution is -0.120. The second kappa shape index (κ2) is 4.15. The molecule has 0 unspecified atom stereocenters. The Morgan fingerprint density at radius 2 is 2.26 bits per heavy atom. The Bertz CT molecular complexity index is 620. The zero-order valence-corrected chi connectivity index (χ0v) is 10.4. The van der Waals surface area contributed by atoms with Gasteiger partial charge in [0.2, 0.25) is 5.91 Å². The standard InChI is InChI=1S/C13H13FN4O/c1-13(4-5-13)12(19)17-10-6-8(2-3-9(10)14)11-15-7-16-18-11/h2-3,6-7H,4-5H2,1H3,(H,17,19)(H,15,16,18). The van der Waals surface area contributed by atoms with E-state index >= 15 is 0 Å². The van der Waals surface area contributed by atoms with Crippen molar-refractivity contribution in [1.82, 2.24) is 15.2 Å². The van der Waals surface area contributed by atoms with Gasteiger partial charge in [0.1, 0.15) is 12.1 Å². The van der Waals surface area contributed by atoms with Gasteiger partial charge < -0.3 is 5.32 Å². The number of H-pyrrole nitrogens is 1. The van der Waals surface area contributed by atoms with E-state index in [4.69, 9.17) is 0 Å². The maximum atomic E-state index is 13.7. The average Bonchev–Trinajstić information content (AvgIpc) is 2.94. The molecule has 0 bridgehead atoms. The Labute approximate surface area is 109 Å². The van der Waals surface area contributed by atoms with Crippen molar-refractivity contribution in [3.63, 3.8) is 0 Å². The maximum Gasteiger partial charge on any atom is 0.230 e. The van der Waals surface area contributed by atoms with Crippen LogP contribution in [0.5, 0.6) is 0 Å². The molecule has 1 amide bonds. The second-order valence-electron chi connectivity index (χ2n) is 5.04. The lowest BCUT2D eigenvalue weighted by Gasteiger charge is -2.11. The number of carbonyl (C=O) groups is 1. The minimum absolute atomic E-state index is 0.138. The zero-order chi connectivity index (χ0) is 13.5. The van der Waals surface area contributed by atoms with Crippen LogP contribution in [0, 0.1) is 11.2 Å². The zero-order valence-electron chi connectivity index (χ0n) is 10.4. The first-order valence-electron chi connectivity index (χ1n) is 6.05. The molecule has 1 aliphatic carbocycles. The fraction of sp³-hybridized carbons (Fsp3) is 0.308. The topological polar surface area (TPSA) is 70.7 Å². The van der Waals surface area contributed by atoms with Gasteiger partial charge in [-0.25, -0.2) is 9.37 Å². The molecule has 98 valence electrons. The summed E-state index contributed by atoms with van der Waals surface area (Å²) in [5.74, 6) is -0.0601. The minimum atomic E-state index is -0.458. The predicted molar refractivity (Wildman–Crippen MR) is 67.7 cm³/mol. The number of hydrogen-bond acceptors (Lipinski definition) is 3. The molecule has 1 aliphatic rings. The molecule has 2 N–H and O–H groups in total. The highest BCUT2D eigenvalue weighted by molar-refractivity contribution is 5.97. The van der Waals surface area contributed by atoms with Crippen LogP contribution in [0.15, 0.2) is 24.5 Å². The quantitative estimate of drug-likeness (QED) is 0.889. The first kappa shape index (κ1) is 11.8. The van der Waals surface area contributed by atoms with Crippen molar-refractivity contribution in [2.75, 3.05) is 5.32 Å². The van der Waals surface area contributed by atoms with E-state index in [9.17, 15) is 9.18 Å². The molecule has 0 aliphatic heterocycles. The van der Waals surface area contributed by atoms with Crippen molar-refractivity contribution in [3.8, 4) is 11.4 Å². The number of aromatic nitrogens is 3. The van der Waals surface area contributed by atoms with E-state index in [0.29, 0.717) is 11.4 Å². The monoisotopic (exact) mass is 260 g/mol. The smallest absolute Gasteiger partial charge is 0.230 e. The lowest BCUT2D eigenvalue weighted by atomic mass is 10.1. The van der Waals surface area contributed by atoms with Gasteiger partial charge in [-0.2, -0.15) is 5.10 Å². The summed E-state index contributed by atoms with van der Waals surface area (Å²) in [5.41, 5.74) is 0.511. The van der Waals surface area contributed by atoms with Crippen LogP contribution in [0.1, 0.15) is 19.8 Å². The number of nitrogens with zero attached hydrogens (tertiary/aromatic N) is 2. The van der Waals surface area contributed by atoms with Gasteiger partial charge in [-0.3, -0.25) is 9.89 Å². The number of amides is 1. The Balaban J connectivity index is 1.88. The molecule has 2 aromatic rings. The molecule has 19 heavy (non-hydrogen) atoms. The second-order valence-corrected chi connectivity index (χ2v) is 5.04. The Kier molecular flexibility index (Phi) is 2.58. The van der Waals surface area contributed by atoms with Gasteiger partial charge in [0, 0.05) is 11.0 Å². The van der Waals surface area contributed by atoms with Gasteiger partial charge in [0.05, 0.1) is 5.69 Å². The summed E-state index contributed by atoms with van der Waals surface area (Å²) < 4.78 is 13.7. The van der Waals surface area contributed by atoms with Crippen LogP contribution in [0.3, 0.4) is 0 Å². The molecule has 1 aromatic carbocycles. The van der Waals surface area contributed by atoms with Crippen molar-refractivity contribution in [1.29, 1.82) is 0 Å². The molecule has 1 aromatic heterocycles. The number of rotatable bonds is 3. The van der Waals surface area contributed by atoms with Crippen LogP contribution in [0.4, 0.5) is 10.1 Å². The third kappa shape index (κ3) is 2.21. The average molecular weight is 260 g/mol. The van der Waals surface area contributed by atoms with Crippen molar-refractivity contribution in [3.05, 3.63) is 30.3 Å². The molecule has 0 spiro atoms. The number of nitrogens with one attached hydrogen (secondary N) is 2. The highest BCUT2D eigenvalue weighted by atomic mass is 19.1. The van der Waals surface area contributed by atoms with Crippen molar-refractivity contribution in [2.24, 2.45) is 5.41 Å². The van der Waals surface area contributed by atoms with E-state index in [-0.39, 0.29) is 17.0 Å². The number of hydrogen-bond donors (Lipinski definition) is 2. The SMILES string of the molecule is CC1(C(=O)Nc2cc(-c3ncn[nH]3)ccc2F)CC1. The highest BCUT2D eigenvalue weighted by Gasteiger charge is 2.45. The first-order chi connectivity index (χ1) is 9.08. The van der Waals surface area contributed by atoms with E-state index in [2.05, 4.69) is 20.5 Å². The lowest BCUT2D eigenvalue weighted by Crippen LogP contribution is -2.22. The van der Waals surface area contributed by atoms with Gasteiger partial charge in [-0.05, 0) is 31.0 Å². The van der Waals surface area contributed by atoms with Crippen LogP contribution < -0.4 is 5.32 Å². The van der Waals surface area contributed by atoms with Crippen molar-refractivity contribution >= 4 is 11.6 Å². The number of anilines is 1. The third-order valence-electron chi connectivity index (χ3n) is 3.45. The molecule has 3 rings (SSSR count). The summed E-state index contributed by atoms with van der Waals surface area (Å²) >= 11 is 0. The van der Waals surface area contributed by atoms with E-state index in [1.54, 1.807) is 12.1 Å². The molecule has 1 fully saturated rings. The Morgan fingerprint density at radius 1 is 1.47 bits per heavy atom. The van der Waals surface area contributed by atoms with Crippen molar-refractivity contribution < 1.29 is 9.18 Å². The summed E-state index contributed by atoms with van der Waals surface area (Å²) in [7, 11) is 0. The van der Waals surface area contributed by atoms with Gasteiger partial charge in [0.25, 0.3) is 0 Å². The summed E-state index contributed by atoms with van der Waals surface area (Å²) in [6.07, 6.45) is 3.08. The van der Waals surface area contributed by atoms with Crippen molar-refractivity contribution in [2.45, 2.75) is 19.8 Å². The van der Waals surface area contributed by atoms with Crippen LogP contribution in [-0.4, -0.2) is 21.1 Å². The summed E-state index contributed by atoms with van der Waals surface area (Å²) in [5, 5.41) is 9.08. The van der Waals surface area contributed by atoms with Crippen LogP contribution in [0.25, 0.3) is 11.4 Å². The molecule has 6 heteroatoms. The predicted octanol–water partition coefficient (Wildman–Crippen LogP) is 2.35. The summed E-state index contributed by atoms with van der Waals surface area (Å²) in [6, 6.07) is 4.45. The van der Waals surface area contributed by atoms with Gasteiger partial charge in [-0.1, -0.05) is 6.92 Å².